The van der Waals surface area contributed by atoms with Crippen LogP contribution in [0.3, 0.4) is 0 Å². The standard InChI is InChI=1S/C22H27NO4/c1-5-26-17-10-8-16(9-11-17)21(24)20-15(4)13-19-18(7-6-12-23(19)20)22(25)27-14(2)3/h8-11,13-14,18H,5-7,12H2,1-4H3. The highest BCUT2D eigenvalue weighted by Gasteiger charge is 2.32. The molecule has 0 saturated carbocycles. The lowest BCUT2D eigenvalue weighted by atomic mass is 9.96. The Morgan fingerprint density at radius 1 is 1.22 bits per heavy atom. The van der Waals surface area contributed by atoms with E-state index in [2.05, 4.69) is 0 Å². The van der Waals surface area contributed by atoms with Gasteiger partial charge in [0.15, 0.2) is 0 Å². The van der Waals surface area contributed by atoms with Crippen molar-refractivity contribution < 1.29 is 19.1 Å². The van der Waals surface area contributed by atoms with E-state index in [0.717, 1.165) is 36.4 Å². The monoisotopic (exact) mass is 369 g/mol. The normalized spacial score (nSPS) is 16.1. The van der Waals surface area contributed by atoms with Crippen molar-refractivity contribution in [1.29, 1.82) is 0 Å². The molecule has 1 aromatic carbocycles. The smallest absolute Gasteiger partial charge is 0.315 e. The van der Waals surface area contributed by atoms with Crippen molar-refractivity contribution in [2.45, 2.75) is 59.1 Å². The van der Waals surface area contributed by atoms with Gasteiger partial charge >= 0.3 is 5.97 Å². The van der Waals surface area contributed by atoms with Gasteiger partial charge in [0.2, 0.25) is 5.78 Å². The van der Waals surface area contributed by atoms with E-state index in [-0.39, 0.29) is 23.8 Å². The fourth-order valence-electron chi connectivity index (χ4n) is 3.70. The number of ketones is 1. The van der Waals surface area contributed by atoms with E-state index in [0.29, 0.717) is 17.9 Å². The van der Waals surface area contributed by atoms with Crippen LogP contribution in [0.25, 0.3) is 0 Å². The van der Waals surface area contributed by atoms with Crippen molar-refractivity contribution in [3.63, 3.8) is 0 Å². The van der Waals surface area contributed by atoms with Crippen molar-refractivity contribution >= 4 is 11.8 Å². The van der Waals surface area contributed by atoms with E-state index >= 15 is 0 Å². The second kappa shape index (κ2) is 7.99. The van der Waals surface area contributed by atoms with Crippen LogP contribution in [0.1, 0.15) is 66.8 Å². The van der Waals surface area contributed by atoms with Crippen LogP contribution < -0.4 is 4.74 Å². The maximum Gasteiger partial charge on any atom is 0.315 e. The highest BCUT2D eigenvalue weighted by molar-refractivity contribution is 6.09. The molecule has 144 valence electrons. The largest absolute Gasteiger partial charge is 0.494 e. The molecule has 5 nitrogen and oxygen atoms in total. The molecule has 0 saturated heterocycles. The highest BCUT2D eigenvalue weighted by Crippen LogP contribution is 2.33. The summed E-state index contributed by atoms with van der Waals surface area (Å²) in [6, 6.07) is 9.18. The quantitative estimate of drug-likeness (QED) is 0.564. The predicted molar refractivity (Wildman–Crippen MR) is 103 cm³/mol. The van der Waals surface area contributed by atoms with Crippen molar-refractivity contribution in [3.8, 4) is 5.75 Å². The molecule has 27 heavy (non-hydrogen) atoms. The van der Waals surface area contributed by atoms with Gasteiger partial charge in [-0.05, 0) is 76.4 Å². The summed E-state index contributed by atoms with van der Waals surface area (Å²) in [5.41, 5.74) is 3.07. The van der Waals surface area contributed by atoms with E-state index in [1.54, 1.807) is 12.1 Å². The number of aryl methyl sites for hydroxylation is 1. The Bertz CT molecular complexity index is 833. The molecule has 1 atom stereocenters. The Morgan fingerprint density at radius 3 is 2.56 bits per heavy atom. The van der Waals surface area contributed by atoms with Crippen LogP contribution in [-0.4, -0.2) is 29.0 Å². The van der Waals surface area contributed by atoms with Crippen molar-refractivity contribution in [2.75, 3.05) is 6.61 Å². The number of nitrogens with zero attached hydrogens (tertiary/aromatic N) is 1. The van der Waals surface area contributed by atoms with Crippen LogP contribution in [-0.2, 0) is 16.1 Å². The fourth-order valence-corrected chi connectivity index (χ4v) is 3.70. The van der Waals surface area contributed by atoms with Crippen molar-refractivity contribution in [2.24, 2.45) is 0 Å². The summed E-state index contributed by atoms with van der Waals surface area (Å²) in [4.78, 5) is 25.6. The maximum absolute atomic E-state index is 13.1. The first-order chi connectivity index (χ1) is 12.9. The van der Waals surface area contributed by atoms with Crippen LogP contribution in [0, 0.1) is 6.92 Å². The number of carbonyl (C=O) groups is 2. The molecule has 0 spiro atoms. The van der Waals surface area contributed by atoms with Crippen LogP contribution in [0.15, 0.2) is 30.3 Å². The third kappa shape index (κ3) is 3.92. The number of fused-ring (bicyclic) bond motifs is 1. The topological polar surface area (TPSA) is 57.5 Å². The molecule has 0 N–H and O–H groups in total. The summed E-state index contributed by atoms with van der Waals surface area (Å²) in [5.74, 6) is 0.212. The molecule has 0 aliphatic carbocycles. The minimum atomic E-state index is -0.304. The first kappa shape index (κ1) is 19.2. The van der Waals surface area contributed by atoms with Gasteiger partial charge < -0.3 is 14.0 Å². The number of hydrogen-bond donors (Lipinski definition) is 0. The molecule has 2 heterocycles. The lowest BCUT2D eigenvalue weighted by Gasteiger charge is -2.25. The average molecular weight is 369 g/mol. The molecule has 0 bridgehead atoms. The minimum Gasteiger partial charge on any atom is -0.494 e. The molecule has 2 aromatic rings. The number of benzene rings is 1. The summed E-state index contributed by atoms with van der Waals surface area (Å²) in [6.45, 7) is 8.89. The van der Waals surface area contributed by atoms with Gasteiger partial charge in [0.05, 0.1) is 24.3 Å². The van der Waals surface area contributed by atoms with Crippen LogP contribution >= 0.6 is 0 Å². The van der Waals surface area contributed by atoms with Gasteiger partial charge in [-0.25, -0.2) is 0 Å². The highest BCUT2D eigenvalue weighted by atomic mass is 16.5. The van der Waals surface area contributed by atoms with Gasteiger partial charge in [-0.2, -0.15) is 0 Å². The first-order valence-electron chi connectivity index (χ1n) is 9.60. The molecule has 0 amide bonds. The zero-order valence-corrected chi connectivity index (χ0v) is 16.5. The number of aromatic nitrogens is 1. The summed E-state index contributed by atoms with van der Waals surface area (Å²) in [5, 5.41) is 0. The molecule has 5 heteroatoms. The molecule has 1 unspecified atom stereocenters. The molecule has 1 aliphatic rings. The van der Waals surface area contributed by atoms with Crippen LogP contribution in [0.2, 0.25) is 0 Å². The Balaban J connectivity index is 1.92. The molecule has 1 aromatic heterocycles. The fraction of sp³-hybridized carbons (Fsp3) is 0.455. The minimum absolute atomic E-state index is 0.0281. The van der Waals surface area contributed by atoms with Crippen LogP contribution in [0.5, 0.6) is 5.75 Å². The first-order valence-corrected chi connectivity index (χ1v) is 9.60. The summed E-state index contributed by atoms with van der Waals surface area (Å²) in [6.07, 6.45) is 1.46. The van der Waals surface area contributed by atoms with Gasteiger partial charge in [-0.15, -0.1) is 0 Å². The molecule has 3 rings (SSSR count). The van der Waals surface area contributed by atoms with Crippen LogP contribution in [0.4, 0.5) is 0 Å². The predicted octanol–water partition coefficient (Wildman–Crippen LogP) is 4.26. The maximum atomic E-state index is 13.1. The van der Waals surface area contributed by atoms with Gasteiger partial charge in [-0.3, -0.25) is 9.59 Å². The van der Waals surface area contributed by atoms with Crippen molar-refractivity contribution in [1.82, 2.24) is 4.57 Å². The number of esters is 1. The van der Waals surface area contributed by atoms with E-state index in [1.807, 2.05) is 50.5 Å². The lowest BCUT2D eigenvalue weighted by molar-refractivity contribution is -0.149. The number of ether oxygens (including phenoxy) is 2. The zero-order chi connectivity index (χ0) is 19.6. The Labute approximate surface area is 160 Å². The zero-order valence-electron chi connectivity index (χ0n) is 16.5. The Morgan fingerprint density at radius 2 is 1.93 bits per heavy atom. The van der Waals surface area contributed by atoms with E-state index in [1.165, 1.54) is 0 Å². The number of rotatable bonds is 6. The Hall–Kier alpha value is -2.56. The van der Waals surface area contributed by atoms with E-state index < -0.39 is 0 Å². The summed E-state index contributed by atoms with van der Waals surface area (Å²) >= 11 is 0. The Kier molecular flexibility index (Phi) is 5.68. The average Bonchev–Trinajstić information content (AvgIpc) is 2.97. The molecular weight excluding hydrogens is 342 g/mol. The van der Waals surface area contributed by atoms with E-state index in [4.69, 9.17) is 9.47 Å². The van der Waals surface area contributed by atoms with Gasteiger partial charge in [-0.1, -0.05) is 0 Å². The molecule has 1 aliphatic heterocycles. The third-order valence-corrected chi connectivity index (χ3v) is 4.83. The van der Waals surface area contributed by atoms with Gasteiger partial charge in [0.25, 0.3) is 0 Å². The lowest BCUT2D eigenvalue weighted by Crippen LogP contribution is -2.27. The summed E-state index contributed by atoms with van der Waals surface area (Å²) in [7, 11) is 0. The second-order valence-corrected chi connectivity index (χ2v) is 7.22. The number of carbonyl (C=O) groups excluding carboxylic acids is 2. The van der Waals surface area contributed by atoms with E-state index in [9.17, 15) is 9.59 Å². The summed E-state index contributed by atoms with van der Waals surface area (Å²) < 4.78 is 12.9. The van der Waals surface area contributed by atoms with Gasteiger partial charge in [0.1, 0.15) is 5.75 Å². The van der Waals surface area contributed by atoms with Gasteiger partial charge in [0, 0.05) is 17.8 Å². The molecule has 0 radical (unpaired) electrons. The van der Waals surface area contributed by atoms with Crippen molar-refractivity contribution in [3.05, 3.63) is 52.8 Å². The molecule has 0 fully saturated rings. The number of hydrogen-bond acceptors (Lipinski definition) is 4. The SMILES string of the molecule is CCOc1ccc(C(=O)c2c(C)cc3n2CCCC3C(=O)OC(C)C)cc1. The molecular formula is C22H27NO4. The second-order valence-electron chi connectivity index (χ2n) is 7.22. The third-order valence-electron chi connectivity index (χ3n) is 4.83.